The molecule has 0 radical (unpaired) electrons. The summed E-state index contributed by atoms with van der Waals surface area (Å²) < 4.78 is 6.78. The molecule has 0 aliphatic rings. The fourth-order valence-electron chi connectivity index (χ4n) is 1.68. The third-order valence-corrected chi connectivity index (χ3v) is 2.93. The minimum absolute atomic E-state index is 0.227. The molecule has 7 nitrogen and oxygen atoms in total. The van der Waals surface area contributed by atoms with Crippen LogP contribution in [0, 0.1) is 0 Å². The highest BCUT2D eigenvalue weighted by molar-refractivity contribution is 6.06. The van der Waals surface area contributed by atoms with E-state index in [1.165, 1.54) is 29.9 Å². The lowest BCUT2D eigenvalue weighted by Gasteiger charge is -2.10. The Balaban J connectivity index is 2.12. The summed E-state index contributed by atoms with van der Waals surface area (Å²) in [5.74, 6) is -0.966. The number of carbonyl (C=O) groups excluding carboxylic acids is 1. The number of carboxylic acid groups (broad SMARTS) is 1. The van der Waals surface area contributed by atoms with Crippen LogP contribution in [0.25, 0.3) is 6.08 Å². The standard InChI is InChI=1S/C15H15N3O4/c1-10(15(20)21)22-13-5-3-4-11(8-13)14(19)7-6-12-9-16-17-18(12)2/h3-10H,1-2H3,(H,20,21). The number of aliphatic carboxylic acids is 1. The Kier molecular flexibility index (Phi) is 4.67. The molecule has 0 saturated heterocycles. The second-order valence-electron chi connectivity index (χ2n) is 4.61. The van der Waals surface area contributed by atoms with E-state index in [0.717, 1.165) is 0 Å². The zero-order valence-corrected chi connectivity index (χ0v) is 12.1. The number of rotatable bonds is 6. The van der Waals surface area contributed by atoms with Crippen molar-refractivity contribution in [3.8, 4) is 5.75 Å². The molecule has 114 valence electrons. The lowest BCUT2D eigenvalue weighted by molar-refractivity contribution is -0.144. The van der Waals surface area contributed by atoms with E-state index < -0.39 is 12.1 Å². The zero-order chi connectivity index (χ0) is 16.1. The molecule has 1 aromatic heterocycles. The monoisotopic (exact) mass is 301 g/mol. The number of ether oxygens (including phenoxy) is 1. The van der Waals surface area contributed by atoms with E-state index >= 15 is 0 Å². The van der Waals surface area contributed by atoms with Crippen LogP contribution < -0.4 is 4.74 Å². The number of nitrogens with zero attached hydrogens (tertiary/aromatic N) is 3. The van der Waals surface area contributed by atoms with Crippen molar-refractivity contribution < 1.29 is 19.4 Å². The van der Waals surface area contributed by atoms with Gasteiger partial charge in [-0.3, -0.25) is 4.79 Å². The van der Waals surface area contributed by atoms with Gasteiger partial charge in [0.05, 0.1) is 11.9 Å². The van der Waals surface area contributed by atoms with Crippen LogP contribution in [0.4, 0.5) is 0 Å². The van der Waals surface area contributed by atoms with Gasteiger partial charge in [-0.25, -0.2) is 9.48 Å². The van der Waals surface area contributed by atoms with Crippen molar-refractivity contribution in [2.75, 3.05) is 0 Å². The van der Waals surface area contributed by atoms with E-state index in [-0.39, 0.29) is 5.78 Å². The van der Waals surface area contributed by atoms with E-state index in [2.05, 4.69) is 10.3 Å². The van der Waals surface area contributed by atoms with Gasteiger partial charge in [-0.05, 0) is 31.2 Å². The maximum Gasteiger partial charge on any atom is 0.344 e. The van der Waals surface area contributed by atoms with Crippen molar-refractivity contribution in [3.05, 3.63) is 47.8 Å². The number of carbonyl (C=O) groups is 2. The first-order chi connectivity index (χ1) is 10.5. The summed E-state index contributed by atoms with van der Waals surface area (Å²) in [5, 5.41) is 16.3. The highest BCUT2D eigenvalue weighted by Gasteiger charge is 2.13. The quantitative estimate of drug-likeness (QED) is 0.643. The molecule has 0 bridgehead atoms. The predicted molar refractivity (Wildman–Crippen MR) is 78.5 cm³/mol. The average molecular weight is 301 g/mol. The SMILES string of the molecule is CC(Oc1cccc(C(=O)C=Cc2cnnn2C)c1)C(=O)O. The van der Waals surface area contributed by atoms with Gasteiger partial charge in [0.1, 0.15) is 5.75 Å². The van der Waals surface area contributed by atoms with Gasteiger partial charge >= 0.3 is 5.97 Å². The molecule has 1 N–H and O–H groups in total. The molecule has 0 spiro atoms. The number of aromatic nitrogens is 3. The average Bonchev–Trinajstić information content (AvgIpc) is 2.90. The van der Waals surface area contributed by atoms with Crippen molar-refractivity contribution in [2.24, 2.45) is 7.05 Å². The van der Waals surface area contributed by atoms with Crippen molar-refractivity contribution in [1.82, 2.24) is 15.0 Å². The highest BCUT2D eigenvalue weighted by Crippen LogP contribution is 2.16. The predicted octanol–water partition coefficient (Wildman–Crippen LogP) is 1.56. The van der Waals surface area contributed by atoms with Gasteiger partial charge < -0.3 is 9.84 Å². The number of hydrogen-bond donors (Lipinski definition) is 1. The number of carboxylic acids is 1. The Labute approximate surface area is 126 Å². The molecule has 1 aromatic carbocycles. The Morgan fingerprint density at radius 2 is 2.18 bits per heavy atom. The maximum atomic E-state index is 12.1. The maximum absolute atomic E-state index is 12.1. The summed E-state index contributed by atoms with van der Waals surface area (Å²) in [7, 11) is 1.72. The summed E-state index contributed by atoms with van der Waals surface area (Å²) in [6.45, 7) is 1.42. The molecule has 7 heteroatoms. The van der Waals surface area contributed by atoms with E-state index in [0.29, 0.717) is 17.0 Å². The lowest BCUT2D eigenvalue weighted by atomic mass is 10.1. The van der Waals surface area contributed by atoms with Crippen LogP contribution in [0.1, 0.15) is 23.0 Å². The highest BCUT2D eigenvalue weighted by atomic mass is 16.5. The molecule has 0 aliphatic carbocycles. The van der Waals surface area contributed by atoms with E-state index in [1.54, 1.807) is 31.3 Å². The summed E-state index contributed by atoms with van der Waals surface area (Å²) in [6.07, 6.45) is 3.56. The number of hydrogen-bond acceptors (Lipinski definition) is 5. The van der Waals surface area contributed by atoms with Crippen molar-refractivity contribution in [3.63, 3.8) is 0 Å². The summed E-state index contributed by atoms with van der Waals surface area (Å²) >= 11 is 0. The molecule has 0 saturated carbocycles. The van der Waals surface area contributed by atoms with Crippen LogP contribution in [0.15, 0.2) is 36.5 Å². The molecule has 1 heterocycles. The van der Waals surface area contributed by atoms with E-state index in [4.69, 9.17) is 9.84 Å². The van der Waals surface area contributed by atoms with Gasteiger partial charge in [-0.15, -0.1) is 5.10 Å². The zero-order valence-electron chi connectivity index (χ0n) is 12.1. The molecular weight excluding hydrogens is 286 g/mol. The first-order valence-electron chi connectivity index (χ1n) is 6.54. The molecule has 0 aliphatic heterocycles. The lowest BCUT2D eigenvalue weighted by Crippen LogP contribution is -2.22. The Morgan fingerprint density at radius 3 is 2.82 bits per heavy atom. The van der Waals surface area contributed by atoms with Crippen LogP contribution in [-0.2, 0) is 11.8 Å². The first kappa shape index (κ1) is 15.4. The molecule has 22 heavy (non-hydrogen) atoms. The minimum atomic E-state index is -1.07. The molecular formula is C15H15N3O4. The molecule has 0 amide bonds. The number of allylic oxidation sites excluding steroid dienone is 1. The fourth-order valence-corrected chi connectivity index (χ4v) is 1.68. The van der Waals surface area contributed by atoms with Gasteiger partial charge in [0.25, 0.3) is 0 Å². The number of aryl methyl sites for hydroxylation is 1. The third-order valence-electron chi connectivity index (χ3n) is 2.93. The number of ketones is 1. The van der Waals surface area contributed by atoms with Crippen molar-refractivity contribution in [1.29, 1.82) is 0 Å². The third kappa shape index (κ3) is 3.78. The second-order valence-corrected chi connectivity index (χ2v) is 4.61. The van der Waals surface area contributed by atoms with Crippen LogP contribution in [0.3, 0.4) is 0 Å². The fraction of sp³-hybridized carbons (Fsp3) is 0.200. The largest absolute Gasteiger partial charge is 0.479 e. The van der Waals surface area contributed by atoms with Crippen LogP contribution >= 0.6 is 0 Å². The van der Waals surface area contributed by atoms with Gasteiger partial charge in [-0.1, -0.05) is 17.3 Å². The normalized spacial score (nSPS) is 12.3. The molecule has 0 fully saturated rings. The smallest absolute Gasteiger partial charge is 0.344 e. The second kappa shape index (κ2) is 6.66. The van der Waals surface area contributed by atoms with Crippen LogP contribution in [0.5, 0.6) is 5.75 Å². The van der Waals surface area contributed by atoms with Crippen molar-refractivity contribution in [2.45, 2.75) is 13.0 Å². The molecule has 1 atom stereocenters. The van der Waals surface area contributed by atoms with E-state index in [1.807, 2.05) is 0 Å². The van der Waals surface area contributed by atoms with E-state index in [9.17, 15) is 9.59 Å². The summed E-state index contributed by atoms with van der Waals surface area (Å²) in [6, 6.07) is 6.38. The Hall–Kier alpha value is -2.96. The van der Waals surface area contributed by atoms with Gasteiger partial charge in [0.15, 0.2) is 11.9 Å². The topological polar surface area (TPSA) is 94.3 Å². The van der Waals surface area contributed by atoms with Crippen LogP contribution in [-0.4, -0.2) is 38.0 Å². The van der Waals surface area contributed by atoms with Gasteiger partial charge in [0, 0.05) is 12.6 Å². The van der Waals surface area contributed by atoms with Gasteiger partial charge in [0.2, 0.25) is 0 Å². The Bertz CT molecular complexity index is 721. The van der Waals surface area contributed by atoms with Crippen LogP contribution in [0.2, 0.25) is 0 Å². The molecule has 1 unspecified atom stereocenters. The molecule has 2 aromatic rings. The van der Waals surface area contributed by atoms with Crippen molar-refractivity contribution >= 4 is 17.8 Å². The summed E-state index contributed by atoms with van der Waals surface area (Å²) in [5.41, 5.74) is 1.10. The van der Waals surface area contributed by atoms with Gasteiger partial charge in [-0.2, -0.15) is 0 Å². The number of benzene rings is 1. The Morgan fingerprint density at radius 1 is 1.41 bits per heavy atom. The summed E-state index contributed by atoms with van der Waals surface area (Å²) in [4.78, 5) is 22.9. The molecule has 2 rings (SSSR count). The minimum Gasteiger partial charge on any atom is -0.479 e. The first-order valence-corrected chi connectivity index (χ1v) is 6.54.